The second-order valence-corrected chi connectivity index (χ2v) is 10.0. The summed E-state index contributed by atoms with van der Waals surface area (Å²) in [5.74, 6) is 0.403. The van der Waals surface area contributed by atoms with Crippen LogP contribution in [0.5, 0.6) is 0 Å². The first-order valence-corrected chi connectivity index (χ1v) is 11.4. The molecule has 27 heavy (non-hydrogen) atoms. The quantitative estimate of drug-likeness (QED) is 0.757. The van der Waals surface area contributed by atoms with Gasteiger partial charge in [0.15, 0.2) is 0 Å². The molecule has 4 heterocycles. The van der Waals surface area contributed by atoms with Gasteiger partial charge in [0.2, 0.25) is 10.0 Å². The van der Waals surface area contributed by atoms with Gasteiger partial charge in [-0.1, -0.05) is 13.3 Å². The van der Waals surface area contributed by atoms with Crippen molar-refractivity contribution in [1.29, 1.82) is 0 Å². The van der Waals surface area contributed by atoms with E-state index in [1.807, 2.05) is 6.92 Å². The van der Waals surface area contributed by atoms with E-state index in [0.29, 0.717) is 31.6 Å². The Hall–Kier alpha value is -1.51. The highest BCUT2D eigenvalue weighted by Gasteiger charge is 2.64. The lowest BCUT2D eigenvalue weighted by atomic mass is 9.73. The molecular weight excluding hydrogens is 366 g/mol. The van der Waals surface area contributed by atoms with Gasteiger partial charge >= 0.3 is 0 Å². The molecule has 0 saturated carbocycles. The fourth-order valence-corrected chi connectivity index (χ4v) is 6.62. The summed E-state index contributed by atoms with van der Waals surface area (Å²) in [6, 6.07) is 3.37. The van der Waals surface area contributed by atoms with Crippen molar-refractivity contribution < 1.29 is 17.9 Å². The molecule has 0 unspecified atom stereocenters. The Morgan fingerprint density at radius 1 is 1.41 bits per heavy atom. The zero-order chi connectivity index (χ0) is 19.1. The zero-order valence-electron chi connectivity index (χ0n) is 15.6. The topological polar surface area (TPSA) is 88.6 Å². The number of aromatic nitrogens is 1. The third-order valence-corrected chi connectivity index (χ3v) is 8.21. The van der Waals surface area contributed by atoms with E-state index in [0.717, 1.165) is 19.3 Å². The second-order valence-electron chi connectivity index (χ2n) is 7.94. The van der Waals surface area contributed by atoms with Crippen LogP contribution in [0.1, 0.15) is 43.0 Å². The Bertz CT molecular complexity index is 800. The van der Waals surface area contributed by atoms with Crippen molar-refractivity contribution in [3.63, 3.8) is 0 Å². The maximum Gasteiger partial charge on any atom is 0.251 e. The van der Waals surface area contributed by atoms with Gasteiger partial charge in [-0.2, -0.15) is 4.31 Å². The van der Waals surface area contributed by atoms with Crippen molar-refractivity contribution in [2.24, 2.45) is 11.8 Å². The van der Waals surface area contributed by atoms with Crippen LogP contribution in [-0.4, -0.2) is 60.7 Å². The second kappa shape index (κ2) is 7.14. The van der Waals surface area contributed by atoms with Crippen LogP contribution in [0, 0.1) is 11.8 Å². The number of fused-ring (bicyclic) bond motifs is 1. The van der Waals surface area contributed by atoms with E-state index in [2.05, 4.69) is 10.3 Å². The predicted molar refractivity (Wildman–Crippen MR) is 101 cm³/mol. The largest absolute Gasteiger partial charge is 0.370 e. The van der Waals surface area contributed by atoms with Crippen molar-refractivity contribution in [3.8, 4) is 0 Å². The van der Waals surface area contributed by atoms with Gasteiger partial charge < -0.3 is 10.1 Å². The minimum absolute atomic E-state index is 0.119. The zero-order valence-corrected chi connectivity index (χ0v) is 16.5. The molecule has 3 aliphatic heterocycles. The molecule has 1 N–H and O–H groups in total. The number of carbonyl (C=O) groups is 1. The molecule has 2 bridgehead atoms. The number of ether oxygens (including phenoxy) is 1. The number of amides is 1. The molecular formula is C19H27N3O4S. The molecule has 0 aromatic carbocycles. The summed E-state index contributed by atoms with van der Waals surface area (Å²) < 4.78 is 33.2. The van der Waals surface area contributed by atoms with Crippen molar-refractivity contribution in [2.75, 3.05) is 25.4 Å². The molecule has 1 aromatic heterocycles. The average Bonchev–Trinajstić information content (AvgIpc) is 3.34. The highest BCUT2D eigenvalue weighted by Crippen LogP contribution is 2.55. The molecule has 1 aromatic rings. The number of pyridine rings is 1. The number of sulfonamides is 1. The van der Waals surface area contributed by atoms with E-state index in [4.69, 9.17) is 4.74 Å². The first kappa shape index (κ1) is 18.8. The highest BCUT2D eigenvalue weighted by molar-refractivity contribution is 7.89. The first-order valence-electron chi connectivity index (χ1n) is 9.79. The lowest BCUT2D eigenvalue weighted by Crippen LogP contribution is -2.41. The summed E-state index contributed by atoms with van der Waals surface area (Å²) in [5.41, 5.74) is 0.231. The van der Waals surface area contributed by atoms with Crippen LogP contribution in [0.3, 0.4) is 0 Å². The molecule has 8 heteroatoms. The van der Waals surface area contributed by atoms with E-state index < -0.39 is 10.0 Å². The van der Waals surface area contributed by atoms with Gasteiger partial charge in [0.05, 0.1) is 17.5 Å². The smallest absolute Gasteiger partial charge is 0.251 e. The number of carbonyl (C=O) groups excluding carboxylic acids is 1. The Morgan fingerprint density at radius 3 is 2.93 bits per heavy atom. The van der Waals surface area contributed by atoms with Gasteiger partial charge in [-0.15, -0.1) is 0 Å². The minimum Gasteiger partial charge on any atom is -0.370 e. The van der Waals surface area contributed by atoms with Crippen LogP contribution >= 0.6 is 0 Å². The van der Waals surface area contributed by atoms with E-state index in [1.165, 1.54) is 0 Å². The van der Waals surface area contributed by atoms with Crippen LogP contribution in [0.25, 0.3) is 0 Å². The van der Waals surface area contributed by atoms with Crippen molar-refractivity contribution in [2.45, 2.75) is 44.3 Å². The summed E-state index contributed by atoms with van der Waals surface area (Å²) in [5, 5.41) is 3.01. The number of hydrogen-bond donors (Lipinski definition) is 1. The normalized spacial score (nSPS) is 32.6. The summed E-state index contributed by atoms with van der Waals surface area (Å²) in [4.78, 5) is 16.3. The van der Waals surface area contributed by atoms with Crippen LogP contribution in [0.4, 0.5) is 0 Å². The molecule has 148 valence electrons. The summed E-state index contributed by atoms with van der Waals surface area (Å²) in [6.45, 7) is 3.49. The van der Waals surface area contributed by atoms with Gasteiger partial charge in [0, 0.05) is 49.4 Å². The molecule has 3 saturated heterocycles. The molecule has 4 rings (SSSR count). The van der Waals surface area contributed by atoms with E-state index in [-0.39, 0.29) is 35.2 Å². The van der Waals surface area contributed by atoms with Crippen LogP contribution in [0.2, 0.25) is 0 Å². The van der Waals surface area contributed by atoms with E-state index in [9.17, 15) is 13.2 Å². The standard InChI is InChI=1S/C19H27N3O4S/c1-2-3-10-27(24,25)22-12-16-15(17-4-7-19(16,13-22)26-17)11-21-18(23)14-5-8-20-9-6-14/h5-6,8-9,15-17H,2-4,7,10-13H2,1H3,(H,21,23)/t15-,16+,17+,19+/m0/s1. The molecule has 0 radical (unpaired) electrons. The maximum atomic E-state index is 12.6. The number of unbranched alkanes of at least 4 members (excludes halogenated alkanes) is 1. The van der Waals surface area contributed by atoms with Crippen molar-refractivity contribution in [1.82, 2.24) is 14.6 Å². The van der Waals surface area contributed by atoms with Crippen LogP contribution in [0.15, 0.2) is 24.5 Å². The number of rotatable bonds is 7. The third-order valence-electron chi connectivity index (χ3n) is 6.34. The maximum absolute atomic E-state index is 12.6. The Labute approximate surface area is 160 Å². The fourth-order valence-electron chi connectivity index (χ4n) is 4.90. The highest BCUT2D eigenvalue weighted by atomic mass is 32.2. The molecule has 1 amide bonds. The first-order chi connectivity index (χ1) is 13.0. The van der Waals surface area contributed by atoms with Gasteiger partial charge in [-0.05, 0) is 31.4 Å². The molecule has 7 nitrogen and oxygen atoms in total. The van der Waals surface area contributed by atoms with Gasteiger partial charge in [-0.3, -0.25) is 9.78 Å². The average molecular weight is 394 g/mol. The lowest BCUT2D eigenvalue weighted by Gasteiger charge is -2.29. The third kappa shape index (κ3) is 3.39. The summed E-state index contributed by atoms with van der Waals surface area (Å²) in [7, 11) is -3.23. The van der Waals surface area contributed by atoms with E-state index in [1.54, 1.807) is 28.8 Å². The molecule has 1 spiro atoms. The minimum atomic E-state index is -3.23. The Kier molecular flexibility index (Phi) is 4.98. The number of nitrogens with one attached hydrogen (secondary N) is 1. The molecule has 3 fully saturated rings. The van der Waals surface area contributed by atoms with E-state index >= 15 is 0 Å². The monoisotopic (exact) mass is 393 g/mol. The predicted octanol–water partition coefficient (Wildman–Crippen LogP) is 1.42. The SMILES string of the molecule is CCCCS(=O)(=O)N1C[C@@H]2[C@H](CNC(=O)c3ccncc3)[C@H]3CC[C@]2(C1)O3. The van der Waals surface area contributed by atoms with Crippen LogP contribution in [-0.2, 0) is 14.8 Å². The Balaban J connectivity index is 1.43. The fraction of sp³-hybridized carbons (Fsp3) is 0.684. The molecule has 0 aliphatic carbocycles. The Morgan fingerprint density at radius 2 is 2.19 bits per heavy atom. The number of nitrogens with zero attached hydrogens (tertiary/aromatic N) is 2. The lowest BCUT2D eigenvalue weighted by molar-refractivity contribution is 0.00797. The molecule has 3 aliphatic rings. The van der Waals surface area contributed by atoms with Crippen molar-refractivity contribution >= 4 is 15.9 Å². The van der Waals surface area contributed by atoms with Gasteiger partial charge in [0.25, 0.3) is 5.91 Å². The number of hydrogen-bond acceptors (Lipinski definition) is 5. The van der Waals surface area contributed by atoms with Crippen molar-refractivity contribution in [3.05, 3.63) is 30.1 Å². The summed E-state index contributed by atoms with van der Waals surface area (Å²) >= 11 is 0. The molecule has 4 atom stereocenters. The van der Waals surface area contributed by atoms with Gasteiger partial charge in [-0.25, -0.2) is 8.42 Å². The van der Waals surface area contributed by atoms with Gasteiger partial charge in [0.1, 0.15) is 0 Å². The summed E-state index contributed by atoms with van der Waals surface area (Å²) in [6.07, 6.45) is 6.72. The van der Waals surface area contributed by atoms with Crippen LogP contribution < -0.4 is 5.32 Å².